The molecule has 2 bridgehead atoms. The van der Waals surface area contributed by atoms with Crippen LogP contribution in [0.1, 0.15) is 290 Å². The smallest absolute Gasteiger partial charge is 0.409 e. The third-order valence-electron chi connectivity index (χ3n) is 23.6. The molecule has 4 aromatic heterocycles. The number of nitrogens with one attached hydrogen (secondary N) is 6. The zero-order valence-corrected chi connectivity index (χ0v) is 81.0. The minimum absolute atomic E-state index is 0.000478. The van der Waals surface area contributed by atoms with E-state index in [2.05, 4.69) is 65.4 Å². The van der Waals surface area contributed by atoms with Gasteiger partial charge < -0.3 is 103 Å². The number of unbranched alkanes of at least 4 members (excludes halogenated alkanes) is 28. The third kappa shape index (κ3) is 37.0. The molecule has 4 saturated heterocycles. The van der Waals surface area contributed by atoms with Crippen molar-refractivity contribution < 1.29 is 118 Å². The van der Waals surface area contributed by atoms with Crippen LogP contribution in [0.25, 0.3) is 22.2 Å². The molecule has 4 aliphatic heterocycles. The second-order valence-electron chi connectivity index (χ2n) is 35.0. The highest BCUT2D eigenvalue weighted by Crippen LogP contribution is 2.55. The van der Waals surface area contributed by atoms with E-state index < -0.39 is 152 Å². The first kappa shape index (κ1) is 109. The van der Waals surface area contributed by atoms with Crippen LogP contribution in [-0.4, -0.2) is 222 Å². The summed E-state index contributed by atoms with van der Waals surface area (Å²) in [6, 6.07) is 4.34. The Kier molecular flexibility index (Phi) is 46.7. The monoisotopic (exact) mass is 1950 g/mol. The highest BCUT2D eigenvalue weighted by Gasteiger charge is 2.54. The number of halogens is 2. The van der Waals surface area contributed by atoms with E-state index in [1.54, 1.807) is 38.1 Å². The van der Waals surface area contributed by atoms with E-state index in [1.165, 1.54) is 160 Å². The van der Waals surface area contributed by atoms with Gasteiger partial charge in [-0.1, -0.05) is 220 Å². The van der Waals surface area contributed by atoms with Crippen LogP contribution in [0.2, 0.25) is 0 Å². The number of hydrogen-bond acceptors (Lipinski definition) is 28. The van der Waals surface area contributed by atoms with Gasteiger partial charge in [0.15, 0.2) is 53.2 Å². The summed E-state index contributed by atoms with van der Waals surface area (Å²) < 4.78 is 103. The van der Waals surface area contributed by atoms with Gasteiger partial charge in [-0.15, -0.1) is 0 Å². The van der Waals surface area contributed by atoms with Crippen LogP contribution in [0.4, 0.5) is 25.1 Å². The van der Waals surface area contributed by atoms with Crippen molar-refractivity contribution in [1.82, 2.24) is 54.9 Å². The molecule has 43 heteroatoms. The average Bonchev–Trinajstić information content (AvgIpc) is 1.60. The number of aromatic amines is 1. The molecule has 3 unspecified atom stereocenters. The molecule has 5 aromatic rings. The zero-order valence-electron chi connectivity index (χ0n) is 77.6. The minimum atomic E-state index is -4.49. The summed E-state index contributed by atoms with van der Waals surface area (Å²) in [5.41, 5.74) is -0.153. The summed E-state index contributed by atoms with van der Waals surface area (Å²) in [6.07, 6.45) is 26.1. The molecule has 9 rings (SSSR count). The Morgan fingerprint density at radius 1 is 0.624 bits per heavy atom. The molecule has 6 amide bonds. The lowest BCUT2D eigenvalue weighted by atomic mass is 10.0. The first-order chi connectivity index (χ1) is 64.0. The van der Waals surface area contributed by atoms with Crippen molar-refractivity contribution in [2.24, 2.45) is 5.92 Å². The van der Waals surface area contributed by atoms with Crippen LogP contribution in [0.15, 0.2) is 54.2 Å². The number of hydrogen-bond donors (Lipinski definition) is 9. The number of fused-ring (bicyclic) bond motifs is 5. The van der Waals surface area contributed by atoms with E-state index in [-0.39, 0.29) is 131 Å². The topological polar surface area (TPSA) is 469 Å². The number of H-pyrrole nitrogens is 1. The molecule has 1 aromatic carbocycles. The number of amides is 6. The van der Waals surface area contributed by atoms with Gasteiger partial charge in [-0.25, -0.2) is 33.5 Å². The minimum Gasteiger partial charge on any atom is -0.462 e. The lowest BCUT2D eigenvalue weighted by molar-refractivity contribution is -0.239. The molecule has 14 atom stereocenters. The van der Waals surface area contributed by atoms with Crippen molar-refractivity contribution in [1.29, 1.82) is 0 Å². The van der Waals surface area contributed by atoms with Gasteiger partial charge in [0.05, 0.1) is 39.1 Å². The van der Waals surface area contributed by atoms with E-state index in [1.807, 2.05) is 0 Å². The second kappa shape index (κ2) is 57.0. The average molecular weight is 1950 g/mol. The normalized spacial score (nSPS) is 22.5. The maximum absolute atomic E-state index is 16.8. The molecule has 4 aliphatic rings. The number of aromatic nitrogens is 7. The number of nitrogens with zero attached hydrogens (tertiary/aromatic N) is 7. The molecule has 0 radical (unpaired) electrons. The molecule has 0 saturated carbocycles. The van der Waals surface area contributed by atoms with Gasteiger partial charge in [-0.2, -0.15) is 0 Å². The second-order valence-corrected chi connectivity index (χ2v) is 40.5. The summed E-state index contributed by atoms with van der Waals surface area (Å²) in [7, 11) is 1.48. The van der Waals surface area contributed by atoms with E-state index in [0.29, 0.717) is 17.7 Å². The maximum atomic E-state index is 16.8. The molecular formula is C90H139F2N13O24P2S2. The van der Waals surface area contributed by atoms with Crippen LogP contribution >= 0.6 is 13.4 Å². The van der Waals surface area contributed by atoms with Gasteiger partial charge >= 0.3 is 37.4 Å². The number of esters is 2. The number of benzene rings is 1. The van der Waals surface area contributed by atoms with Crippen molar-refractivity contribution in [3.8, 4) is 0 Å². The fraction of sp³-hybridized carbons (Fsp3) is 0.722. The zero-order chi connectivity index (χ0) is 95.7. The number of imidazole rings is 1. The molecule has 8 heterocycles. The summed E-state index contributed by atoms with van der Waals surface area (Å²) in [6.45, 7) is -1.23. The maximum Gasteiger partial charge on any atom is 0.409 e. The SMILES string of the molecule is CCCCCCCCCCCCCCCCCC(=O)OC[C@H](CO[C@]1(OCCNC(=O)CCCC(=O)N[C@H](C(=O)N[C@@H](C)C(=O)Nc2ccc(COC(=O)N(C)CCCC(=O)Nc3ncnc4c3ncn4[C@@H]3O[C@@H]4COP(O)(=S)O[C@H]5C(n6cc(F)c7c(=O)[nH]cnc76)O[C@H](COP(O)(=S)O[C@H]4[C@H]3F)[C@H]5O)cc2)C(C)C)CO1)OC(=O)CCCCCCCCCCCCCCCCC. The number of alkyl halides is 1. The quantitative estimate of drug-likeness (QED) is 0.00436. The van der Waals surface area contributed by atoms with Gasteiger partial charge in [0.1, 0.15) is 74.1 Å². The van der Waals surface area contributed by atoms with Crippen molar-refractivity contribution in [2.45, 2.75) is 352 Å². The molecule has 0 aliphatic carbocycles. The Morgan fingerprint density at radius 3 is 1.77 bits per heavy atom. The number of aliphatic hydroxyl groups is 1. The van der Waals surface area contributed by atoms with Crippen LogP contribution in [0.3, 0.4) is 0 Å². The van der Waals surface area contributed by atoms with E-state index in [4.69, 9.17) is 79.6 Å². The number of ether oxygens (including phenoxy) is 8. The highest BCUT2D eigenvalue weighted by molar-refractivity contribution is 8.07. The number of carbonyl (C=O) groups is 8. The molecule has 37 nitrogen and oxygen atoms in total. The van der Waals surface area contributed by atoms with Crippen molar-refractivity contribution in [2.75, 3.05) is 70.4 Å². The molecule has 4 fully saturated rings. The Morgan fingerprint density at radius 2 is 1.18 bits per heavy atom. The van der Waals surface area contributed by atoms with Gasteiger partial charge in [-0.3, -0.25) is 52.0 Å². The lowest BCUT2D eigenvalue weighted by Crippen LogP contribution is -2.53. The van der Waals surface area contributed by atoms with Gasteiger partial charge in [-0.05, 0) is 79.8 Å². The van der Waals surface area contributed by atoms with Gasteiger partial charge in [0, 0.05) is 64.1 Å². The number of rotatable bonds is 61. The Bertz CT molecular complexity index is 4640. The molecule has 133 heavy (non-hydrogen) atoms. The van der Waals surface area contributed by atoms with Crippen LogP contribution < -0.4 is 32.1 Å². The Balaban J connectivity index is 0.627. The summed E-state index contributed by atoms with van der Waals surface area (Å²) in [5.74, 6) is -6.17. The molecule has 744 valence electrons. The Hall–Kier alpha value is -7.57. The standard InChI is InChI=1S/C90H139F2N13O24P2S2/c1-7-9-11-13-15-17-19-21-23-25-27-29-31-33-35-42-72(109)118-53-65(125-73(110)43-36-34-32-30-28-26-24-22-20-18-16-14-12-10-8-2)54-121-90(57-122-90)120-50-48-93-69(106)39-37-40-70(107)101-76(61(3)4)86(114)99-62(5)84(112)100-64-46-44-63(45-47-64)52-119-89(115)103(6)49-38-41-71(108)102-81-77-83(96-58-94-81)105(60-98-77)87-75(92)79-68(127-87)56-124-131(117,133)129-80-78(111)67(55-123-130(116,132)128-79)126-88(80)104-51-66(91)74-82(104)95-59-97-85(74)113/h44-47,51,58-62,65,67-68,75-76,78-80,87-88,111H,7-43,48-50,52-57H2,1-6H3,(H,93,106)(H,99,114)(H,100,112)(H,101,107)(H,116,132)(H,117,133)(H,95,97,113)(H,94,96,102,108)/t62-,65+,67+,68+,75+,76-,78+,79+,80+,87+,88?,90+,130?,131?/m0/s1. The molecular weight excluding hydrogens is 1810 g/mol. The van der Waals surface area contributed by atoms with Crippen molar-refractivity contribution >= 4 is 118 Å². The van der Waals surface area contributed by atoms with Crippen molar-refractivity contribution in [3.05, 3.63) is 71.2 Å². The first-order valence-electron chi connectivity index (χ1n) is 47.5. The van der Waals surface area contributed by atoms with Crippen LogP contribution in [-0.2, 0) is 120 Å². The predicted octanol–water partition coefficient (Wildman–Crippen LogP) is 14.0. The predicted molar refractivity (Wildman–Crippen MR) is 497 cm³/mol. The summed E-state index contributed by atoms with van der Waals surface area (Å²) >= 11 is 10.6. The molecule has 9 N–H and O–H groups in total. The van der Waals surface area contributed by atoms with Gasteiger partial charge in [0.2, 0.25) is 29.5 Å². The van der Waals surface area contributed by atoms with E-state index in [0.717, 1.165) is 79.3 Å². The lowest BCUT2D eigenvalue weighted by Gasteiger charge is -2.28. The van der Waals surface area contributed by atoms with Crippen LogP contribution in [0.5, 0.6) is 0 Å². The van der Waals surface area contributed by atoms with Gasteiger partial charge in [0.25, 0.3) is 5.56 Å². The Labute approximate surface area is 786 Å². The molecule has 0 spiro atoms. The van der Waals surface area contributed by atoms with Crippen LogP contribution in [0, 0.1) is 11.7 Å². The van der Waals surface area contributed by atoms with E-state index >= 15 is 8.78 Å². The highest BCUT2D eigenvalue weighted by atomic mass is 32.5. The summed E-state index contributed by atoms with van der Waals surface area (Å²) in [5, 5.41) is 24.5. The largest absolute Gasteiger partial charge is 0.462 e. The third-order valence-corrected chi connectivity index (χ3v) is 26.7. The fourth-order valence-electron chi connectivity index (χ4n) is 15.8. The first-order valence-corrected chi connectivity index (χ1v) is 52.7. The summed E-state index contributed by atoms with van der Waals surface area (Å²) in [4.78, 5) is 161. The number of carbonyl (C=O) groups excluding carboxylic acids is 8. The van der Waals surface area contributed by atoms with E-state index in [9.17, 15) is 58.0 Å². The number of anilines is 2. The number of epoxide rings is 1. The number of aliphatic hydroxyl groups excluding tert-OH is 1. The fourth-order valence-corrected chi connectivity index (χ4v) is 18.7. The van der Waals surface area contributed by atoms with Crippen molar-refractivity contribution in [3.63, 3.8) is 0 Å².